The molecule has 6 heteroatoms. The molecule has 0 bridgehead atoms. The molecule has 3 amide bonds. The van der Waals surface area contributed by atoms with Crippen molar-refractivity contribution >= 4 is 23.5 Å². The van der Waals surface area contributed by atoms with Crippen molar-refractivity contribution in [2.24, 2.45) is 11.3 Å². The molecule has 2 aliphatic carbocycles. The largest absolute Gasteiger partial charge is 0.343 e. The molecule has 2 saturated carbocycles. The van der Waals surface area contributed by atoms with Crippen LogP contribution in [0.4, 0.5) is 4.79 Å². The summed E-state index contributed by atoms with van der Waals surface area (Å²) in [5.74, 6) is 0.903. The number of nitrogens with zero attached hydrogens (tertiary/aromatic N) is 1. The van der Waals surface area contributed by atoms with Crippen LogP contribution in [0, 0.1) is 11.3 Å². The number of nitrogens with one attached hydrogen (secondary N) is 2. The van der Waals surface area contributed by atoms with Gasteiger partial charge in [0.25, 0.3) is 0 Å². The van der Waals surface area contributed by atoms with Gasteiger partial charge in [0.15, 0.2) is 0 Å². The first-order valence-corrected chi connectivity index (χ1v) is 10.5. The Morgan fingerprint density at radius 2 is 1.74 bits per heavy atom. The fraction of sp³-hybridized carbons (Fsp3) is 0.619. The van der Waals surface area contributed by atoms with Crippen LogP contribution in [0.1, 0.15) is 50.5 Å². The Bertz CT molecular complexity index is 686. The van der Waals surface area contributed by atoms with Crippen LogP contribution in [0.5, 0.6) is 0 Å². The van der Waals surface area contributed by atoms with E-state index in [2.05, 4.69) is 10.6 Å². The Morgan fingerprint density at radius 1 is 1.07 bits per heavy atom. The molecule has 3 fully saturated rings. The van der Waals surface area contributed by atoms with Gasteiger partial charge in [-0.15, -0.1) is 0 Å². The first kappa shape index (κ1) is 18.6. The van der Waals surface area contributed by atoms with Gasteiger partial charge in [-0.25, -0.2) is 4.79 Å². The van der Waals surface area contributed by atoms with Crippen LogP contribution in [-0.4, -0.2) is 36.0 Å². The highest BCUT2D eigenvalue weighted by Gasteiger charge is 2.53. The van der Waals surface area contributed by atoms with Crippen LogP contribution in [0.2, 0.25) is 5.02 Å². The lowest BCUT2D eigenvalue weighted by atomic mass is 9.49. The Labute approximate surface area is 165 Å². The van der Waals surface area contributed by atoms with E-state index in [1.54, 1.807) is 0 Å². The van der Waals surface area contributed by atoms with Crippen LogP contribution in [0.15, 0.2) is 24.3 Å². The quantitative estimate of drug-likeness (QED) is 0.806. The molecule has 2 N–H and O–H groups in total. The van der Waals surface area contributed by atoms with Gasteiger partial charge in [-0.05, 0) is 67.6 Å². The van der Waals surface area contributed by atoms with Crippen molar-refractivity contribution in [3.63, 3.8) is 0 Å². The Kier molecular flexibility index (Phi) is 5.31. The molecule has 1 aliphatic heterocycles. The number of hydrogen-bond acceptors (Lipinski definition) is 2. The van der Waals surface area contributed by atoms with E-state index < -0.39 is 0 Å². The lowest BCUT2D eigenvalue weighted by Gasteiger charge is -2.58. The third kappa shape index (κ3) is 4.40. The highest BCUT2D eigenvalue weighted by Crippen LogP contribution is 2.59. The second kappa shape index (κ2) is 7.70. The van der Waals surface area contributed by atoms with Crippen molar-refractivity contribution in [2.45, 2.75) is 57.5 Å². The standard InChI is InChI=1S/C21H28ClN3O2/c22-17-5-3-15(4-6-17)14-23-20(27)24-18-12-21(13-18)10-16(11-21)9-19(26)25-7-1-2-8-25/h3-6,16,18H,1-2,7-14H2,(H2,23,24,27). The highest BCUT2D eigenvalue weighted by molar-refractivity contribution is 6.30. The second-order valence-electron chi connectivity index (χ2n) is 8.62. The van der Waals surface area contributed by atoms with Crippen molar-refractivity contribution < 1.29 is 9.59 Å². The average molecular weight is 390 g/mol. The molecule has 1 saturated heterocycles. The van der Waals surface area contributed by atoms with E-state index in [0.717, 1.165) is 63.6 Å². The number of rotatable bonds is 5. The van der Waals surface area contributed by atoms with Gasteiger partial charge in [0, 0.05) is 37.1 Å². The lowest BCUT2D eigenvalue weighted by molar-refractivity contribution is -0.135. The van der Waals surface area contributed by atoms with Gasteiger partial charge in [0.2, 0.25) is 5.91 Å². The number of carbonyl (C=O) groups excluding carboxylic acids is 2. The minimum absolute atomic E-state index is 0.107. The molecule has 1 aromatic carbocycles. The molecule has 4 rings (SSSR count). The van der Waals surface area contributed by atoms with Crippen molar-refractivity contribution in [2.75, 3.05) is 13.1 Å². The van der Waals surface area contributed by atoms with Crippen molar-refractivity contribution in [3.05, 3.63) is 34.9 Å². The number of carbonyl (C=O) groups is 2. The first-order valence-electron chi connectivity index (χ1n) is 10.1. The van der Waals surface area contributed by atoms with E-state index in [4.69, 9.17) is 11.6 Å². The molecule has 0 aromatic heterocycles. The monoisotopic (exact) mass is 389 g/mol. The Balaban J connectivity index is 1.12. The normalized spacial score (nSPS) is 29.1. The van der Waals surface area contributed by atoms with E-state index in [-0.39, 0.29) is 12.1 Å². The van der Waals surface area contributed by atoms with Gasteiger partial charge in [-0.1, -0.05) is 23.7 Å². The summed E-state index contributed by atoms with van der Waals surface area (Å²) in [6, 6.07) is 7.65. The van der Waals surface area contributed by atoms with Gasteiger partial charge in [0.05, 0.1) is 0 Å². The minimum atomic E-state index is -0.107. The molecule has 1 aromatic rings. The fourth-order valence-corrected chi connectivity index (χ4v) is 5.22. The molecule has 1 spiro atoms. The minimum Gasteiger partial charge on any atom is -0.343 e. The zero-order valence-corrected chi connectivity index (χ0v) is 16.4. The fourth-order valence-electron chi connectivity index (χ4n) is 5.09. The maximum absolute atomic E-state index is 12.2. The molecule has 5 nitrogen and oxygen atoms in total. The van der Waals surface area contributed by atoms with E-state index in [9.17, 15) is 9.59 Å². The molecule has 0 atom stereocenters. The third-order valence-electron chi connectivity index (χ3n) is 6.43. The zero-order chi connectivity index (χ0) is 18.9. The molecule has 0 radical (unpaired) electrons. The topological polar surface area (TPSA) is 61.4 Å². The molecule has 146 valence electrons. The predicted octanol–water partition coefficient (Wildman–Crippen LogP) is 3.71. The Hall–Kier alpha value is -1.75. The molecular formula is C21H28ClN3O2. The maximum atomic E-state index is 12.2. The van der Waals surface area contributed by atoms with Crippen LogP contribution < -0.4 is 10.6 Å². The molecule has 27 heavy (non-hydrogen) atoms. The summed E-state index contributed by atoms with van der Waals surface area (Å²) in [5, 5.41) is 6.67. The summed E-state index contributed by atoms with van der Waals surface area (Å²) >= 11 is 5.87. The number of amides is 3. The van der Waals surface area contributed by atoms with Crippen molar-refractivity contribution in [3.8, 4) is 0 Å². The molecule has 0 unspecified atom stereocenters. The number of likely N-dealkylation sites (tertiary alicyclic amines) is 1. The number of halogens is 1. The van der Waals surface area contributed by atoms with Crippen LogP contribution in [0.3, 0.4) is 0 Å². The smallest absolute Gasteiger partial charge is 0.315 e. The molecule has 3 aliphatic rings. The van der Waals surface area contributed by atoms with Crippen LogP contribution >= 0.6 is 11.6 Å². The van der Waals surface area contributed by atoms with Crippen LogP contribution in [-0.2, 0) is 11.3 Å². The number of hydrogen-bond donors (Lipinski definition) is 2. The molecule has 1 heterocycles. The Morgan fingerprint density at radius 3 is 2.41 bits per heavy atom. The highest BCUT2D eigenvalue weighted by atomic mass is 35.5. The maximum Gasteiger partial charge on any atom is 0.315 e. The summed E-state index contributed by atoms with van der Waals surface area (Å²) in [7, 11) is 0. The van der Waals surface area contributed by atoms with Crippen molar-refractivity contribution in [1.82, 2.24) is 15.5 Å². The third-order valence-corrected chi connectivity index (χ3v) is 6.68. The summed E-state index contributed by atoms with van der Waals surface area (Å²) in [5.41, 5.74) is 1.42. The van der Waals surface area contributed by atoms with Gasteiger partial charge in [-0.2, -0.15) is 0 Å². The first-order chi connectivity index (χ1) is 13.0. The van der Waals surface area contributed by atoms with E-state index >= 15 is 0 Å². The molecular weight excluding hydrogens is 362 g/mol. The van der Waals surface area contributed by atoms with Gasteiger partial charge in [0.1, 0.15) is 0 Å². The second-order valence-corrected chi connectivity index (χ2v) is 9.06. The van der Waals surface area contributed by atoms with E-state index in [0.29, 0.717) is 28.8 Å². The average Bonchev–Trinajstić information content (AvgIpc) is 3.12. The lowest BCUT2D eigenvalue weighted by Crippen LogP contribution is -2.57. The number of urea groups is 1. The zero-order valence-electron chi connectivity index (χ0n) is 15.7. The number of benzene rings is 1. The van der Waals surface area contributed by atoms with E-state index in [1.165, 1.54) is 0 Å². The van der Waals surface area contributed by atoms with Gasteiger partial charge >= 0.3 is 6.03 Å². The van der Waals surface area contributed by atoms with Crippen molar-refractivity contribution in [1.29, 1.82) is 0 Å². The predicted molar refractivity (Wildman–Crippen MR) is 105 cm³/mol. The summed E-state index contributed by atoms with van der Waals surface area (Å²) in [6.45, 7) is 2.41. The summed E-state index contributed by atoms with van der Waals surface area (Å²) in [4.78, 5) is 26.3. The van der Waals surface area contributed by atoms with E-state index in [1.807, 2.05) is 29.2 Å². The summed E-state index contributed by atoms with van der Waals surface area (Å²) in [6.07, 6.45) is 7.45. The van der Waals surface area contributed by atoms with Crippen LogP contribution in [0.25, 0.3) is 0 Å². The van der Waals surface area contributed by atoms with Gasteiger partial charge in [-0.3, -0.25) is 4.79 Å². The summed E-state index contributed by atoms with van der Waals surface area (Å²) < 4.78 is 0. The van der Waals surface area contributed by atoms with Gasteiger partial charge < -0.3 is 15.5 Å². The SMILES string of the molecule is O=C(NCc1ccc(Cl)cc1)NC1CC2(CC(CC(=O)N3CCCC3)C2)C1.